The monoisotopic (exact) mass is 290 g/mol. The summed E-state index contributed by atoms with van der Waals surface area (Å²) in [5.74, 6) is 0.729. The molecule has 0 saturated heterocycles. The van der Waals surface area contributed by atoms with E-state index >= 15 is 0 Å². The van der Waals surface area contributed by atoms with Crippen LogP contribution in [-0.2, 0) is 13.1 Å². The molecule has 0 atom stereocenters. The molecule has 0 radical (unpaired) electrons. The van der Waals surface area contributed by atoms with Crippen molar-refractivity contribution in [2.75, 3.05) is 7.11 Å². The van der Waals surface area contributed by atoms with Crippen LogP contribution in [-0.4, -0.2) is 28.1 Å². The second kappa shape index (κ2) is 5.81. The van der Waals surface area contributed by atoms with E-state index in [2.05, 4.69) is 9.88 Å². The molecule has 1 aromatic carbocycles. The maximum atomic E-state index is 9.65. The standard InChI is InChI=1S/C15H18N2O2S/c1-19-15-6-11(2-5-14(15)18)8-17(12-3-4-12)9-13-7-16-10-20-13/h2,5-7,10,12,18H,3-4,8-9H2,1H3. The molecule has 1 N–H and O–H groups in total. The van der Waals surface area contributed by atoms with Crippen LogP contribution in [0.1, 0.15) is 23.3 Å². The van der Waals surface area contributed by atoms with E-state index in [-0.39, 0.29) is 5.75 Å². The van der Waals surface area contributed by atoms with E-state index in [9.17, 15) is 5.11 Å². The minimum absolute atomic E-state index is 0.191. The molecule has 1 fully saturated rings. The number of aromatic hydroxyl groups is 1. The fraction of sp³-hybridized carbons (Fsp3) is 0.400. The smallest absolute Gasteiger partial charge is 0.160 e. The maximum Gasteiger partial charge on any atom is 0.160 e. The molecule has 1 aromatic heterocycles. The average Bonchev–Trinajstić information content (AvgIpc) is 3.18. The first-order valence-corrected chi connectivity index (χ1v) is 7.61. The van der Waals surface area contributed by atoms with Crippen molar-refractivity contribution in [3.8, 4) is 11.5 Å². The molecule has 0 bridgehead atoms. The molecule has 0 unspecified atom stereocenters. The second-order valence-electron chi connectivity index (χ2n) is 5.11. The molecule has 1 aliphatic carbocycles. The largest absolute Gasteiger partial charge is 0.504 e. The van der Waals surface area contributed by atoms with Crippen molar-refractivity contribution in [2.24, 2.45) is 0 Å². The zero-order valence-corrected chi connectivity index (χ0v) is 12.3. The molecule has 1 aliphatic rings. The van der Waals surface area contributed by atoms with Gasteiger partial charge in [-0.1, -0.05) is 6.07 Å². The highest BCUT2D eigenvalue weighted by atomic mass is 32.1. The van der Waals surface area contributed by atoms with E-state index in [0.29, 0.717) is 11.8 Å². The average molecular weight is 290 g/mol. The van der Waals surface area contributed by atoms with Gasteiger partial charge in [-0.05, 0) is 30.5 Å². The molecular weight excluding hydrogens is 272 g/mol. The molecule has 0 aliphatic heterocycles. The summed E-state index contributed by atoms with van der Waals surface area (Å²) in [5.41, 5.74) is 3.04. The molecule has 2 aromatic rings. The number of methoxy groups -OCH3 is 1. The Hall–Kier alpha value is -1.59. The number of phenolic OH excluding ortho intramolecular Hbond substituents is 1. The van der Waals surface area contributed by atoms with E-state index < -0.39 is 0 Å². The summed E-state index contributed by atoms with van der Waals surface area (Å²) in [5, 5.41) is 9.65. The van der Waals surface area contributed by atoms with Crippen molar-refractivity contribution in [2.45, 2.75) is 32.0 Å². The van der Waals surface area contributed by atoms with Gasteiger partial charge in [0.15, 0.2) is 11.5 Å². The van der Waals surface area contributed by atoms with Gasteiger partial charge in [-0.15, -0.1) is 11.3 Å². The van der Waals surface area contributed by atoms with Gasteiger partial charge in [0.1, 0.15) is 0 Å². The Morgan fingerprint density at radius 1 is 1.40 bits per heavy atom. The molecule has 1 heterocycles. The first-order chi connectivity index (χ1) is 9.76. The van der Waals surface area contributed by atoms with E-state index in [0.717, 1.165) is 18.7 Å². The number of thiazole rings is 1. The molecule has 5 heteroatoms. The zero-order chi connectivity index (χ0) is 13.9. The summed E-state index contributed by atoms with van der Waals surface area (Å²) in [6.07, 6.45) is 4.49. The predicted octanol–water partition coefficient (Wildman–Crippen LogP) is 3.02. The number of nitrogens with zero attached hydrogens (tertiary/aromatic N) is 2. The molecule has 1 saturated carbocycles. The van der Waals surface area contributed by atoms with Crippen molar-refractivity contribution >= 4 is 11.3 Å². The molecule has 0 spiro atoms. The van der Waals surface area contributed by atoms with Crippen LogP contribution in [0.25, 0.3) is 0 Å². The van der Waals surface area contributed by atoms with Crippen LogP contribution in [0.5, 0.6) is 11.5 Å². The van der Waals surface area contributed by atoms with Crippen LogP contribution < -0.4 is 4.74 Å². The fourth-order valence-electron chi connectivity index (χ4n) is 2.33. The molecule has 4 nitrogen and oxygen atoms in total. The Kier molecular flexibility index (Phi) is 3.89. The lowest BCUT2D eigenvalue weighted by Gasteiger charge is -2.21. The third-order valence-electron chi connectivity index (χ3n) is 3.54. The lowest BCUT2D eigenvalue weighted by Crippen LogP contribution is -2.24. The van der Waals surface area contributed by atoms with E-state index in [1.807, 2.05) is 23.8 Å². The lowest BCUT2D eigenvalue weighted by atomic mass is 10.2. The Balaban J connectivity index is 1.73. The number of phenols is 1. The quantitative estimate of drug-likeness (QED) is 0.888. The van der Waals surface area contributed by atoms with Gasteiger partial charge in [-0.3, -0.25) is 9.88 Å². The maximum absolute atomic E-state index is 9.65. The third kappa shape index (κ3) is 3.11. The zero-order valence-electron chi connectivity index (χ0n) is 11.5. The van der Waals surface area contributed by atoms with Gasteiger partial charge in [-0.2, -0.15) is 0 Å². The highest BCUT2D eigenvalue weighted by Gasteiger charge is 2.29. The van der Waals surface area contributed by atoms with E-state index in [1.54, 1.807) is 24.5 Å². The van der Waals surface area contributed by atoms with Gasteiger partial charge < -0.3 is 9.84 Å². The van der Waals surface area contributed by atoms with Crippen molar-refractivity contribution in [1.82, 2.24) is 9.88 Å². The third-order valence-corrected chi connectivity index (χ3v) is 4.30. The first kappa shape index (κ1) is 13.4. The van der Waals surface area contributed by atoms with Crippen molar-refractivity contribution < 1.29 is 9.84 Å². The van der Waals surface area contributed by atoms with Gasteiger partial charge in [0.05, 0.1) is 12.6 Å². The van der Waals surface area contributed by atoms with E-state index in [4.69, 9.17) is 4.74 Å². The van der Waals surface area contributed by atoms with Gasteiger partial charge in [0.25, 0.3) is 0 Å². The van der Waals surface area contributed by atoms with Crippen LogP contribution >= 0.6 is 11.3 Å². The molecule has 106 valence electrons. The Bertz CT molecular complexity index is 567. The van der Waals surface area contributed by atoms with Gasteiger partial charge >= 0.3 is 0 Å². The number of hydrogen-bond donors (Lipinski definition) is 1. The molecular formula is C15H18N2O2S. The SMILES string of the molecule is COc1cc(CN(Cc2cncs2)C2CC2)ccc1O. The second-order valence-corrected chi connectivity index (χ2v) is 6.08. The normalized spacial score (nSPS) is 14.7. The summed E-state index contributed by atoms with van der Waals surface area (Å²) in [6, 6.07) is 6.25. The topological polar surface area (TPSA) is 45.6 Å². The summed E-state index contributed by atoms with van der Waals surface area (Å²) in [4.78, 5) is 7.91. The van der Waals surface area contributed by atoms with Crippen LogP contribution in [0.3, 0.4) is 0 Å². The minimum atomic E-state index is 0.191. The molecule has 3 rings (SSSR count). The highest BCUT2D eigenvalue weighted by Crippen LogP contribution is 2.32. The van der Waals surface area contributed by atoms with Crippen LogP contribution in [0.4, 0.5) is 0 Å². The number of ether oxygens (including phenoxy) is 1. The minimum Gasteiger partial charge on any atom is -0.504 e. The van der Waals surface area contributed by atoms with Crippen LogP contribution in [0.2, 0.25) is 0 Å². The Morgan fingerprint density at radius 2 is 2.25 bits per heavy atom. The highest BCUT2D eigenvalue weighted by molar-refractivity contribution is 7.09. The first-order valence-electron chi connectivity index (χ1n) is 6.73. The summed E-state index contributed by atoms with van der Waals surface area (Å²) in [6.45, 7) is 1.82. The lowest BCUT2D eigenvalue weighted by molar-refractivity contribution is 0.247. The summed E-state index contributed by atoms with van der Waals surface area (Å²) in [7, 11) is 1.58. The van der Waals surface area contributed by atoms with Crippen LogP contribution in [0.15, 0.2) is 29.9 Å². The van der Waals surface area contributed by atoms with Crippen LogP contribution in [0, 0.1) is 0 Å². The Labute approximate surface area is 122 Å². The van der Waals surface area contributed by atoms with Crippen molar-refractivity contribution in [1.29, 1.82) is 0 Å². The molecule has 20 heavy (non-hydrogen) atoms. The number of aromatic nitrogens is 1. The number of benzene rings is 1. The van der Waals surface area contributed by atoms with E-state index in [1.165, 1.54) is 17.7 Å². The Morgan fingerprint density at radius 3 is 2.90 bits per heavy atom. The summed E-state index contributed by atoms with van der Waals surface area (Å²) >= 11 is 1.70. The van der Waals surface area contributed by atoms with Gasteiger partial charge in [0.2, 0.25) is 0 Å². The van der Waals surface area contributed by atoms with Crippen molar-refractivity contribution in [3.05, 3.63) is 40.3 Å². The number of rotatable bonds is 6. The summed E-state index contributed by atoms with van der Waals surface area (Å²) < 4.78 is 5.17. The fourth-order valence-corrected chi connectivity index (χ4v) is 2.95. The molecule has 0 amide bonds. The van der Waals surface area contributed by atoms with Crippen molar-refractivity contribution in [3.63, 3.8) is 0 Å². The van der Waals surface area contributed by atoms with Gasteiger partial charge in [-0.25, -0.2) is 0 Å². The predicted molar refractivity (Wildman–Crippen MR) is 79.0 cm³/mol. The van der Waals surface area contributed by atoms with Gasteiger partial charge in [0, 0.05) is 30.2 Å². The number of hydrogen-bond acceptors (Lipinski definition) is 5.